The summed E-state index contributed by atoms with van der Waals surface area (Å²) < 4.78 is 119. The lowest BCUT2D eigenvalue weighted by Crippen LogP contribution is -2.41. The summed E-state index contributed by atoms with van der Waals surface area (Å²) in [7, 11) is -3.79. The van der Waals surface area contributed by atoms with Crippen LogP contribution in [0.2, 0.25) is 0 Å². The van der Waals surface area contributed by atoms with Gasteiger partial charge in [0.15, 0.2) is 28.1 Å². The minimum Gasteiger partial charge on any atom is -0.484 e. The fourth-order valence-corrected chi connectivity index (χ4v) is 4.83. The zero-order chi connectivity index (χ0) is 31.7. The summed E-state index contributed by atoms with van der Waals surface area (Å²) in [4.78, 5) is 29.3. The first-order valence-electron chi connectivity index (χ1n) is 12.3. The zero-order valence-electron chi connectivity index (χ0n) is 22.0. The Balaban J connectivity index is 1.59. The van der Waals surface area contributed by atoms with E-state index in [4.69, 9.17) is 0 Å². The largest absolute Gasteiger partial charge is 0.484 e. The van der Waals surface area contributed by atoms with Crippen LogP contribution in [0.1, 0.15) is 33.6 Å². The molecule has 2 N–H and O–H groups in total. The Labute approximate surface area is 239 Å². The molecule has 1 aromatic carbocycles. The first kappa shape index (κ1) is 31.7. The van der Waals surface area contributed by atoms with Gasteiger partial charge in [-0.15, -0.1) is 0 Å². The summed E-state index contributed by atoms with van der Waals surface area (Å²) in [5.41, 5.74) is -0.865. The molecule has 2 aromatic heterocycles. The lowest BCUT2D eigenvalue weighted by Gasteiger charge is -2.23. The zero-order valence-corrected chi connectivity index (χ0v) is 22.8. The molecule has 0 bridgehead atoms. The summed E-state index contributed by atoms with van der Waals surface area (Å²) in [5.74, 6) is -4.45. The second-order valence-corrected chi connectivity index (χ2v) is 11.9. The van der Waals surface area contributed by atoms with Crippen molar-refractivity contribution < 1.29 is 53.5 Å². The Morgan fingerprint density at radius 2 is 1.88 bits per heavy atom. The minimum atomic E-state index is -4.69. The van der Waals surface area contributed by atoms with E-state index >= 15 is 0 Å². The molecule has 18 heteroatoms. The number of nitrogens with one attached hydrogen (secondary N) is 2. The van der Waals surface area contributed by atoms with Crippen LogP contribution in [0.4, 0.5) is 36.6 Å². The molecule has 1 aliphatic heterocycles. The molecule has 10 nitrogen and oxygen atoms in total. The number of hydrogen-bond donors (Lipinski definition) is 2. The van der Waals surface area contributed by atoms with Gasteiger partial charge in [-0.05, 0) is 42.7 Å². The van der Waals surface area contributed by atoms with E-state index in [0.717, 1.165) is 29.1 Å². The van der Waals surface area contributed by atoms with Gasteiger partial charge in [-0.1, -0.05) is 0 Å². The van der Waals surface area contributed by atoms with E-state index in [2.05, 4.69) is 25.5 Å². The molecule has 0 radical (unpaired) electrons. The van der Waals surface area contributed by atoms with Gasteiger partial charge in [0.05, 0.1) is 11.3 Å². The number of hydrogen-bond acceptors (Lipinski definition) is 7. The maximum Gasteiger partial charge on any atom is 0.422 e. The fraction of sp³-hybridized carbons (Fsp3) is 0.360. The van der Waals surface area contributed by atoms with Crippen LogP contribution in [0.5, 0.6) is 5.75 Å². The highest BCUT2D eigenvalue weighted by Gasteiger charge is 2.35. The quantitative estimate of drug-likeness (QED) is 0.343. The topological polar surface area (TPSA) is 132 Å². The lowest BCUT2D eigenvalue weighted by atomic mass is 9.96. The third-order valence-corrected chi connectivity index (χ3v) is 6.80. The van der Waals surface area contributed by atoms with Gasteiger partial charge < -0.3 is 15.4 Å². The number of carbonyl (C=O) groups excluding carboxylic acids is 2. The molecule has 0 fully saturated rings. The molecule has 0 saturated heterocycles. The number of anilines is 1. The van der Waals surface area contributed by atoms with Crippen molar-refractivity contribution in [2.24, 2.45) is 0 Å². The van der Waals surface area contributed by atoms with E-state index in [1.807, 2.05) is 0 Å². The number of pyridine rings is 1. The van der Waals surface area contributed by atoms with Crippen molar-refractivity contribution in [3.63, 3.8) is 0 Å². The number of rotatable bonds is 9. The van der Waals surface area contributed by atoms with Crippen LogP contribution in [0, 0.1) is 5.82 Å². The van der Waals surface area contributed by atoms with E-state index in [1.54, 1.807) is 0 Å². The normalized spacial score (nSPS) is 15.5. The third kappa shape index (κ3) is 8.42. The van der Waals surface area contributed by atoms with E-state index in [1.165, 1.54) is 6.07 Å². The smallest absolute Gasteiger partial charge is 0.422 e. The van der Waals surface area contributed by atoms with Crippen molar-refractivity contribution in [3.05, 3.63) is 64.7 Å². The van der Waals surface area contributed by atoms with Crippen LogP contribution < -0.4 is 15.4 Å². The summed E-state index contributed by atoms with van der Waals surface area (Å²) in [6, 6.07) is 4.14. The molecule has 2 amide bonds. The van der Waals surface area contributed by atoms with Crippen molar-refractivity contribution in [1.82, 2.24) is 20.1 Å². The van der Waals surface area contributed by atoms with Crippen molar-refractivity contribution in [3.8, 4) is 11.6 Å². The highest BCUT2D eigenvalue weighted by atomic mass is 32.2. The molecule has 3 aromatic rings. The van der Waals surface area contributed by atoms with Crippen LogP contribution in [0.25, 0.3) is 5.82 Å². The number of ether oxygens (including phenoxy) is 1. The van der Waals surface area contributed by atoms with Crippen molar-refractivity contribution in [1.29, 1.82) is 0 Å². The van der Waals surface area contributed by atoms with E-state index in [9.17, 15) is 48.7 Å². The van der Waals surface area contributed by atoms with Gasteiger partial charge in [-0.2, -0.15) is 36.1 Å². The minimum absolute atomic E-state index is 0.0242. The molecule has 0 aliphatic carbocycles. The Morgan fingerprint density at radius 1 is 1.16 bits per heavy atom. The number of nitrogens with zero attached hydrogens (tertiary/aromatic N) is 3. The Bertz CT molecular complexity index is 1640. The van der Waals surface area contributed by atoms with Crippen LogP contribution >= 0.6 is 0 Å². The van der Waals surface area contributed by atoms with Crippen LogP contribution in [0.15, 0.2) is 36.5 Å². The summed E-state index contributed by atoms with van der Waals surface area (Å²) in [6.45, 7) is -1.61. The maximum absolute atomic E-state index is 14.0. The van der Waals surface area contributed by atoms with Gasteiger partial charge in [-0.25, -0.2) is 17.8 Å². The number of sulfone groups is 1. The van der Waals surface area contributed by atoms with Crippen LogP contribution in [0.3, 0.4) is 0 Å². The number of fused-ring (bicyclic) bond motifs is 1. The van der Waals surface area contributed by atoms with Gasteiger partial charge >= 0.3 is 12.4 Å². The number of aromatic nitrogens is 3. The number of alkyl halides is 6. The predicted molar refractivity (Wildman–Crippen MR) is 136 cm³/mol. The summed E-state index contributed by atoms with van der Waals surface area (Å²) in [5, 5.41) is 9.20. The number of aryl methyl sites for hydroxylation is 1. The summed E-state index contributed by atoms with van der Waals surface area (Å²) in [6.07, 6.45) is -7.71. The standard InChI is InChI=1S/C25H22F7N5O5S/c1-43(40,41)11-20(38)35-22-21-18(36-37(22)19-5-3-14(10-33-19)25(30,31)32)9-16(34-23(21)39)4-2-13-6-15(26)8-17(7-13)42-12-24(27,28)29/h3,5-8,10,16H,2,4,9,11-12H2,1H3,(H,34,39)(H,35,38)/t16-/m0/s1. The van der Waals surface area contributed by atoms with Gasteiger partial charge in [0, 0.05) is 31.0 Å². The lowest BCUT2D eigenvalue weighted by molar-refractivity contribution is -0.153. The SMILES string of the molecule is CS(=O)(=O)CC(=O)Nc1c2c(nn1-c1ccc(C(F)(F)F)cn1)C[C@H](CCc1cc(F)cc(OCC(F)(F)F)c1)NC2=O. The Morgan fingerprint density at radius 3 is 2.49 bits per heavy atom. The van der Waals surface area contributed by atoms with Gasteiger partial charge in [-0.3, -0.25) is 9.59 Å². The molecule has 0 unspecified atom stereocenters. The predicted octanol–water partition coefficient (Wildman–Crippen LogP) is 3.64. The maximum atomic E-state index is 14.0. The first-order valence-corrected chi connectivity index (χ1v) is 14.4. The number of halogens is 7. The van der Waals surface area contributed by atoms with E-state index in [0.29, 0.717) is 12.3 Å². The second kappa shape index (κ2) is 11.8. The number of carbonyl (C=O) groups is 2. The highest BCUT2D eigenvalue weighted by Crippen LogP contribution is 2.31. The molecular formula is C25H22F7N5O5S. The highest BCUT2D eigenvalue weighted by molar-refractivity contribution is 7.91. The summed E-state index contributed by atoms with van der Waals surface area (Å²) >= 11 is 0. The second-order valence-electron chi connectivity index (χ2n) is 9.72. The Kier molecular flexibility index (Phi) is 8.71. The molecule has 0 spiro atoms. The number of amides is 2. The molecule has 0 saturated carbocycles. The molecule has 43 heavy (non-hydrogen) atoms. The van der Waals surface area contributed by atoms with E-state index < -0.39 is 63.8 Å². The third-order valence-electron chi connectivity index (χ3n) is 6.02. The average molecular weight is 638 g/mol. The molecule has 232 valence electrons. The average Bonchev–Trinajstić information content (AvgIpc) is 3.22. The van der Waals surface area contributed by atoms with Gasteiger partial charge in [0.1, 0.15) is 22.9 Å². The van der Waals surface area contributed by atoms with Crippen LogP contribution in [-0.4, -0.2) is 65.8 Å². The Hall–Kier alpha value is -4.22. The van der Waals surface area contributed by atoms with E-state index in [-0.39, 0.29) is 53.5 Å². The number of benzene rings is 1. The van der Waals surface area contributed by atoms with Crippen molar-refractivity contribution >= 4 is 27.5 Å². The fourth-order valence-electron chi connectivity index (χ4n) is 4.28. The molecule has 4 rings (SSSR count). The van der Waals surface area contributed by atoms with Gasteiger partial charge in [0.25, 0.3) is 5.91 Å². The first-order chi connectivity index (χ1) is 19.9. The molecular weight excluding hydrogens is 615 g/mol. The van der Waals surface area contributed by atoms with Crippen molar-refractivity contribution in [2.75, 3.05) is 23.9 Å². The van der Waals surface area contributed by atoms with Gasteiger partial charge in [0.2, 0.25) is 5.91 Å². The monoisotopic (exact) mass is 637 g/mol. The molecule has 1 aliphatic rings. The molecule has 3 heterocycles. The molecule has 1 atom stereocenters. The van der Waals surface area contributed by atoms with Crippen LogP contribution in [-0.2, 0) is 33.6 Å². The van der Waals surface area contributed by atoms with Crippen molar-refractivity contribution in [2.45, 2.75) is 37.7 Å².